The summed E-state index contributed by atoms with van der Waals surface area (Å²) in [5.41, 5.74) is 0.135. The maximum Gasteiger partial charge on any atom is 0.416 e. The summed E-state index contributed by atoms with van der Waals surface area (Å²) in [6.45, 7) is 0.248. The monoisotopic (exact) mass is 414 g/mol. The highest BCUT2D eigenvalue weighted by atomic mass is 19.4. The molecule has 0 radical (unpaired) electrons. The molecule has 0 aliphatic carbocycles. The molecule has 0 heterocycles. The van der Waals surface area contributed by atoms with Crippen molar-refractivity contribution >= 4 is 12.0 Å². The molecule has 0 aliphatic heterocycles. The first-order valence-corrected chi connectivity index (χ1v) is 8.89. The van der Waals surface area contributed by atoms with Crippen molar-refractivity contribution in [2.75, 3.05) is 6.61 Å². The van der Waals surface area contributed by atoms with Crippen LogP contribution in [0.25, 0.3) is 6.08 Å². The molecule has 0 aliphatic rings. The smallest absolute Gasteiger partial charge is 0.416 e. The quantitative estimate of drug-likeness (QED) is 0.494. The van der Waals surface area contributed by atoms with Gasteiger partial charge in [-0.1, -0.05) is 18.2 Å². The van der Waals surface area contributed by atoms with Gasteiger partial charge in [-0.3, -0.25) is 0 Å². The molecule has 0 aromatic heterocycles. The van der Waals surface area contributed by atoms with E-state index in [0.717, 1.165) is 12.1 Å². The second kappa shape index (κ2) is 9.17. The van der Waals surface area contributed by atoms with Gasteiger partial charge in [0.15, 0.2) is 0 Å². The molecule has 0 fully saturated rings. The second-order valence-corrected chi connectivity index (χ2v) is 6.24. The predicted molar refractivity (Wildman–Crippen MR) is 106 cm³/mol. The van der Waals surface area contributed by atoms with Crippen molar-refractivity contribution in [3.63, 3.8) is 0 Å². The summed E-state index contributed by atoms with van der Waals surface area (Å²) < 4.78 is 48.8. The van der Waals surface area contributed by atoms with E-state index in [1.807, 2.05) is 0 Å². The van der Waals surface area contributed by atoms with Crippen LogP contribution >= 0.6 is 0 Å². The Hall–Kier alpha value is -3.74. The zero-order chi connectivity index (χ0) is 21.6. The number of ether oxygens (including phenoxy) is 2. The number of rotatable bonds is 7. The van der Waals surface area contributed by atoms with Crippen LogP contribution in [0.15, 0.2) is 78.9 Å². The van der Waals surface area contributed by atoms with E-state index in [-0.39, 0.29) is 12.2 Å². The number of alkyl halides is 3. The highest BCUT2D eigenvalue weighted by Gasteiger charge is 2.29. The Balaban J connectivity index is 1.49. The van der Waals surface area contributed by atoms with Crippen molar-refractivity contribution in [3.05, 3.63) is 95.6 Å². The topological polar surface area (TPSA) is 55.8 Å². The number of hydrogen-bond acceptors (Lipinski definition) is 3. The molecule has 0 saturated carbocycles. The number of hydrogen-bond donors (Lipinski definition) is 1. The molecule has 4 nitrogen and oxygen atoms in total. The van der Waals surface area contributed by atoms with Crippen LogP contribution in [0.4, 0.5) is 13.2 Å². The third-order valence-corrected chi connectivity index (χ3v) is 4.06. The van der Waals surface area contributed by atoms with Crippen LogP contribution in [0.2, 0.25) is 0 Å². The minimum Gasteiger partial charge on any atom is -0.490 e. The summed E-state index contributed by atoms with van der Waals surface area (Å²) in [5.74, 6) is 0.662. The Labute approximate surface area is 170 Å². The van der Waals surface area contributed by atoms with Gasteiger partial charge in [-0.15, -0.1) is 0 Å². The molecule has 0 unspecified atom stereocenters. The van der Waals surface area contributed by atoms with Gasteiger partial charge in [0.25, 0.3) is 0 Å². The maximum absolute atomic E-state index is 12.5. The first kappa shape index (κ1) is 21.0. The first-order chi connectivity index (χ1) is 14.3. The lowest BCUT2D eigenvalue weighted by atomic mass is 10.1. The molecule has 0 bridgehead atoms. The number of benzene rings is 3. The fourth-order valence-electron chi connectivity index (χ4n) is 2.52. The molecule has 154 valence electrons. The van der Waals surface area contributed by atoms with Crippen molar-refractivity contribution in [3.8, 4) is 17.2 Å². The Bertz CT molecular complexity index is 1010. The molecule has 3 aromatic rings. The Morgan fingerprint density at radius 3 is 1.90 bits per heavy atom. The summed E-state index contributed by atoms with van der Waals surface area (Å²) in [5, 5.41) is 8.89. The lowest BCUT2D eigenvalue weighted by molar-refractivity contribution is -0.137. The van der Waals surface area contributed by atoms with Crippen LogP contribution in [0.1, 0.15) is 21.5 Å². The van der Waals surface area contributed by atoms with Crippen molar-refractivity contribution in [1.29, 1.82) is 0 Å². The van der Waals surface area contributed by atoms with Crippen molar-refractivity contribution in [1.82, 2.24) is 0 Å². The Morgan fingerprint density at radius 2 is 1.37 bits per heavy atom. The van der Waals surface area contributed by atoms with Crippen molar-refractivity contribution < 1.29 is 32.5 Å². The van der Waals surface area contributed by atoms with Gasteiger partial charge in [-0.05, 0) is 72.3 Å². The summed E-state index contributed by atoms with van der Waals surface area (Å²) >= 11 is 0. The van der Waals surface area contributed by atoms with Crippen LogP contribution in [-0.4, -0.2) is 17.7 Å². The molecule has 0 atom stereocenters. The molecule has 30 heavy (non-hydrogen) atoms. The molecule has 0 saturated heterocycles. The van der Waals surface area contributed by atoms with Crippen molar-refractivity contribution in [2.24, 2.45) is 0 Å². The average molecular weight is 414 g/mol. The molecule has 1 N–H and O–H groups in total. The van der Waals surface area contributed by atoms with E-state index in [9.17, 15) is 18.0 Å². The van der Waals surface area contributed by atoms with Gasteiger partial charge in [0.2, 0.25) is 0 Å². The minimum absolute atomic E-state index is 0.176. The van der Waals surface area contributed by atoms with Crippen LogP contribution in [0, 0.1) is 0 Å². The first-order valence-electron chi connectivity index (χ1n) is 8.89. The third kappa shape index (κ3) is 5.88. The second-order valence-electron chi connectivity index (χ2n) is 6.24. The van der Waals surface area contributed by atoms with Gasteiger partial charge in [0.05, 0.1) is 11.1 Å². The van der Waals surface area contributed by atoms with Crippen molar-refractivity contribution in [2.45, 2.75) is 6.18 Å². The van der Waals surface area contributed by atoms with E-state index in [0.29, 0.717) is 22.8 Å². The Morgan fingerprint density at radius 1 is 0.833 bits per heavy atom. The minimum atomic E-state index is -4.34. The summed E-state index contributed by atoms with van der Waals surface area (Å²) in [4.78, 5) is 10.8. The van der Waals surface area contributed by atoms with Gasteiger partial charge in [0.1, 0.15) is 23.9 Å². The number of carboxylic acids is 1. The summed E-state index contributed by atoms with van der Waals surface area (Å²) in [7, 11) is 0. The van der Waals surface area contributed by atoms with E-state index in [1.165, 1.54) is 24.3 Å². The molecular formula is C23H17F3O4. The van der Waals surface area contributed by atoms with E-state index < -0.39 is 17.7 Å². The third-order valence-electron chi connectivity index (χ3n) is 4.06. The normalized spacial score (nSPS) is 11.4. The average Bonchev–Trinajstić information content (AvgIpc) is 2.72. The van der Waals surface area contributed by atoms with Crippen LogP contribution in [0.5, 0.6) is 17.2 Å². The van der Waals surface area contributed by atoms with E-state index in [4.69, 9.17) is 14.6 Å². The fraction of sp³-hybridized carbons (Fsp3) is 0.0870. The van der Waals surface area contributed by atoms with Gasteiger partial charge in [0, 0.05) is 0 Å². The maximum atomic E-state index is 12.5. The van der Waals surface area contributed by atoms with E-state index in [1.54, 1.807) is 48.6 Å². The molecule has 7 heteroatoms. The van der Waals surface area contributed by atoms with Crippen LogP contribution in [0.3, 0.4) is 0 Å². The highest BCUT2D eigenvalue weighted by Crippen LogP contribution is 2.29. The van der Waals surface area contributed by atoms with Crippen LogP contribution in [-0.2, 0) is 6.18 Å². The largest absolute Gasteiger partial charge is 0.490 e. The van der Waals surface area contributed by atoms with Gasteiger partial charge < -0.3 is 14.6 Å². The molecule has 3 aromatic carbocycles. The van der Waals surface area contributed by atoms with Crippen LogP contribution < -0.4 is 9.47 Å². The molecular weight excluding hydrogens is 397 g/mol. The molecule has 0 amide bonds. The Kier molecular flexibility index (Phi) is 6.41. The van der Waals surface area contributed by atoms with Gasteiger partial charge in [-0.2, -0.15) is 13.2 Å². The number of halogens is 3. The summed E-state index contributed by atoms with van der Waals surface area (Å²) in [6.07, 6.45) is -0.960. The zero-order valence-corrected chi connectivity index (χ0v) is 15.6. The zero-order valence-electron chi connectivity index (χ0n) is 15.6. The lowest BCUT2D eigenvalue weighted by Gasteiger charge is -2.08. The predicted octanol–water partition coefficient (Wildman–Crippen LogP) is 6.29. The number of carbonyl (C=O) groups is 1. The highest BCUT2D eigenvalue weighted by molar-refractivity contribution is 5.87. The number of aromatic carboxylic acids is 1. The van der Waals surface area contributed by atoms with Gasteiger partial charge in [-0.25, -0.2) is 4.79 Å². The lowest BCUT2D eigenvalue weighted by Crippen LogP contribution is -2.03. The number of carboxylic acid groups (broad SMARTS) is 1. The SMILES string of the molecule is O=C(O)c1ccc(Oc2ccc(OC/C=C/c3ccc(C(F)(F)F)cc3)cc2)cc1. The summed E-state index contributed by atoms with van der Waals surface area (Å²) in [6, 6.07) is 17.8. The molecule has 0 spiro atoms. The molecule has 3 rings (SSSR count). The van der Waals surface area contributed by atoms with E-state index in [2.05, 4.69) is 0 Å². The van der Waals surface area contributed by atoms with Gasteiger partial charge >= 0.3 is 12.1 Å². The standard InChI is InChI=1S/C23H17F3O4/c24-23(25,26)18-7-3-16(4-8-18)2-1-15-29-19-11-13-21(14-12-19)30-20-9-5-17(6-10-20)22(27)28/h1-14H,15H2,(H,27,28)/b2-1+. The fourth-order valence-corrected chi connectivity index (χ4v) is 2.52. The van der Waals surface area contributed by atoms with E-state index >= 15 is 0 Å².